The second-order valence-electron chi connectivity index (χ2n) is 10.0. The van der Waals surface area contributed by atoms with E-state index in [1.807, 2.05) is 19.9 Å². The lowest BCUT2D eigenvalue weighted by molar-refractivity contribution is -0.201. The van der Waals surface area contributed by atoms with E-state index in [-0.39, 0.29) is 42.8 Å². The van der Waals surface area contributed by atoms with Crippen molar-refractivity contribution in [2.24, 2.45) is 28.6 Å². The minimum absolute atomic E-state index is 0.0255. The summed E-state index contributed by atoms with van der Waals surface area (Å²) in [7, 11) is 0. The van der Waals surface area contributed by atoms with Gasteiger partial charge in [-0.15, -0.1) is 0 Å². The lowest BCUT2D eigenvalue weighted by Crippen LogP contribution is -2.63. The van der Waals surface area contributed by atoms with Crippen LogP contribution in [-0.4, -0.2) is 45.4 Å². The molecule has 2 N–H and O–H groups in total. The summed E-state index contributed by atoms with van der Waals surface area (Å²) >= 11 is 0. The van der Waals surface area contributed by atoms with Crippen molar-refractivity contribution in [3.8, 4) is 0 Å². The van der Waals surface area contributed by atoms with Crippen LogP contribution in [0.3, 0.4) is 0 Å². The third-order valence-electron chi connectivity index (χ3n) is 8.75. The molecule has 4 rings (SSSR count). The zero-order valence-corrected chi connectivity index (χ0v) is 18.2. The number of hydrogen-bond acceptors (Lipinski definition) is 6. The molecular formula is C24H30O7. The largest absolute Gasteiger partial charge is 0.475 e. The van der Waals surface area contributed by atoms with Gasteiger partial charge in [-0.05, 0) is 56.1 Å². The zero-order chi connectivity index (χ0) is 22.8. The third-order valence-corrected chi connectivity index (χ3v) is 8.75. The van der Waals surface area contributed by atoms with Crippen molar-refractivity contribution in [2.45, 2.75) is 71.0 Å². The van der Waals surface area contributed by atoms with Crippen molar-refractivity contribution in [2.75, 3.05) is 0 Å². The van der Waals surface area contributed by atoms with Gasteiger partial charge in [0.2, 0.25) is 0 Å². The summed E-state index contributed by atoms with van der Waals surface area (Å²) in [6, 6.07) is 0. The van der Waals surface area contributed by atoms with Gasteiger partial charge in [0.15, 0.2) is 11.4 Å². The number of aliphatic hydroxyl groups excluding tert-OH is 1. The lowest BCUT2D eigenvalue weighted by Gasteiger charge is -2.59. The highest BCUT2D eigenvalue weighted by atomic mass is 16.6. The molecule has 0 heterocycles. The quantitative estimate of drug-likeness (QED) is 0.520. The van der Waals surface area contributed by atoms with Crippen molar-refractivity contribution < 1.29 is 34.1 Å². The number of ether oxygens (including phenoxy) is 1. The van der Waals surface area contributed by atoms with Gasteiger partial charge >= 0.3 is 11.9 Å². The molecule has 0 amide bonds. The number of allylic oxidation sites excluding steroid dienone is 4. The van der Waals surface area contributed by atoms with Gasteiger partial charge in [0.25, 0.3) is 5.78 Å². The molecule has 31 heavy (non-hydrogen) atoms. The summed E-state index contributed by atoms with van der Waals surface area (Å²) in [5.74, 6) is -3.56. The van der Waals surface area contributed by atoms with Crippen molar-refractivity contribution in [1.29, 1.82) is 0 Å². The van der Waals surface area contributed by atoms with Crippen molar-refractivity contribution in [1.82, 2.24) is 0 Å². The van der Waals surface area contributed by atoms with Crippen molar-refractivity contribution >= 4 is 23.5 Å². The Morgan fingerprint density at radius 3 is 2.58 bits per heavy atom. The highest BCUT2D eigenvalue weighted by Crippen LogP contribution is 2.67. The lowest BCUT2D eigenvalue weighted by atomic mass is 9.46. The molecule has 0 aromatic carbocycles. The summed E-state index contributed by atoms with van der Waals surface area (Å²) in [6.07, 6.45) is 6.66. The number of carbonyl (C=O) groups is 4. The van der Waals surface area contributed by atoms with Crippen molar-refractivity contribution in [3.05, 3.63) is 23.8 Å². The number of esters is 1. The van der Waals surface area contributed by atoms with Crippen LogP contribution in [-0.2, 0) is 23.9 Å². The first-order chi connectivity index (χ1) is 14.5. The number of rotatable bonds is 4. The van der Waals surface area contributed by atoms with Crippen LogP contribution in [0.2, 0.25) is 0 Å². The fourth-order valence-corrected chi connectivity index (χ4v) is 7.34. The Kier molecular flexibility index (Phi) is 5.04. The maximum Gasteiger partial charge on any atom is 0.376 e. The van der Waals surface area contributed by atoms with Gasteiger partial charge in [0, 0.05) is 23.2 Å². The Labute approximate surface area is 181 Å². The molecule has 0 bridgehead atoms. The van der Waals surface area contributed by atoms with Gasteiger partial charge in [-0.1, -0.05) is 32.4 Å². The van der Waals surface area contributed by atoms with E-state index < -0.39 is 40.3 Å². The van der Waals surface area contributed by atoms with E-state index >= 15 is 0 Å². The number of carbonyl (C=O) groups excluding carboxylic acids is 3. The van der Waals surface area contributed by atoms with Gasteiger partial charge < -0.3 is 14.9 Å². The Morgan fingerprint density at radius 1 is 1.23 bits per heavy atom. The molecule has 168 valence electrons. The molecule has 3 fully saturated rings. The second kappa shape index (κ2) is 7.12. The summed E-state index contributed by atoms with van der Waals surface area (Å²) in [5.41, 5.74) is -2.18. The predicted octanol–water partition coefficient (Wildman–Crippen LogP) is 2.61. The summed E-state index contributed by atoms with van der Waals surface area (Å²) in [6.45, 7) is 5.46. The van der Waals surface area contributed by atoms with E-state index in [1.54, 1.807) is 19.1 Å². The topological polar surface area (TPSA) is 118 Å². The van der Waals surface area contributed by atoms with Crippen molar-refractivity contribution in [3.63, 3.8) is 0 Å². The molecule has 7 heteroatoms. The van der Waals surface area contributed by atoms with Gasteiger partial charge in [-0.3, -0.25) is 14.4 Å². The minimum atomic E-state index is -1.77. The number of Topliss-reactive ketones (excluding diaryl/α,β-unsaturated/α-hetero) is 1. The summed E-state index contributed by atoms with van der Waals surface area (Å²) < 4.78 is 5.67. The van der Waals surface area contributed by atoms with Gasteiger partial charge in [-0.25, -0.2) is 4.79 Å². The van der Waals surface area contributed by atoms with E-state index in [4.69, 9.17) is 4.74 Å². The summed E-state index contributed by atoms with van der Waals surface area (Å²) in [5, 5.41) is 21.0. The van der Waals surface area contributed by atoms with Gasteiger partial charge in [0.1, 0.15) is 0 Å². The molecule has 1 unspecified atom stereocenters. The Bertz CT molecular complexity index is 917. The van der Waals surface area contributed by atoms with E-state index in [9.17, 15) is 29.4 Å². The van der Waals surface area contributed by atoms with E-state index in [0.717, 1.165) is 12.0 Å². The van der Waals surface area contributed by atoms with Crippen LogP contribution in [0.1, 0.15) is 59.3 Å². The molecule has 0 aromatic heterocycles. The maximum absolute atomic E-state index is 13.0. The molecule has 0 radical (unpaired) electrons. The standard InChI is InChI=1S/C24H30O7/c1-4-18(27)31-24(20(28)21(29)30)10-8-16-15-6-5-13-11-14(25)7-9-22(13,2)19(15)17(26)12-23(16,24)3/h7,9,11,15-17,19,26H,4-6,8,10,12H2,1-3H3,(H,29,30)/t15-,16-,17?,19+,22-,23-,24-/m0/s1. The van der Waals surface area contributed by atoms with Crippen LogP contribution < -0.4 is 0 Å². The molecule has 0 aromatic rings. The fourth-order valence-electron chi connectivity index (χ4n) is 7.34. The number of hydrogen-bond donors (Lipinski definition) is 2. The molecule has 7 nitrogen and oxygen atoms in total. The normalized spacial score (nSPS) is 43.4. The van der Waals surface area contributed by atoms with Crippen LogP contribution in [0.5, 0.6) is 0 Å². The maximum atomic E-state index is 13.0. The van der Waals surface area contributed by atoms with Crippen LogP contribution in [0.4, 0.5) is 0 Å². The molecule has 4 aliphatic rings. The van der Waals surface area contributed by atoms with Crippen LogP contribution in [0.15, 0.2) is 23.8 Å². The van der Waals surface area contributed by atoms with Crippen LogP contribution >= 0.6 is 0 Å². The molecule has 4 aliphatic carbocycles. The predicted molar refractivity (Wildman–Crippen MR) is 110 cm³/mol. The SMILES string of the molecule is CCC(=O)O[C@]1(C(=O)C(=O)O)CC[C@H]2[C@@H]3CCC4=CC(=O)C=C[C@]4(C)[C@H]3C(O)C[C@@]21C. The Hall–Kier alpha value is -2.28. The number of fused-ring (bicyclic) bond motifs is 5. The van der Waals surface area contributed by atoms with Crippen LogP contribution in [0, 0.1) is 28.6 Å². The molecule has 0 aliphatic heterocycles. The van der Waals surface area contributed by atoms with E-state index in [1.165, 1.54) is 0 Å². The zero-order valence-electron chi connectivity index (χ0n) is 18.2. The highest BCUT2D eigenvalue weighted by Gasteiger charge is 2.71. The molecule has 0 saturated heterocycles. The monoisotopic (exact) mass is 430 g/mol. The minimum Gasteiger partial charge on any atom is -0.475 e. The molecule has 7 atom stereocenters. The third kappa shape index (κ3) is 2.89. The average Bonchev–Trinajstić information content (AvgIpc) is 2.99. The number of carboxylic acids is 1. The molecule has 0 spiro atoms. The van der Waals surface area contributed by atoms with Gasteiger partial charge in [-0.2, -0.15) is 0 Å². The number of ketones is 2. The second-order valence-corrected chi connectivity index (χ2v) is 10.0. The first-order valence-electron chi connectivity index (χ1n) is 11.1. The smallest absolute Gasteiger partial charge is 0.376 e. The first-order valence-corrected chi connectivity index (χ1v) is 11.1. The molecular weight excluding hydrogens is 400 g/mol. The van der Waals surface area contributed by atoms with Gasteiger partial charge in [0.05, 0.1) is 6.10 Å². The van der Waals surface area contributed by atoms with E-state index in [0.29, 0.717) is 12.8 Å². The fraction of sp³-hybridized carbons (Fsp3) is 0.667. The first kappa shape index (κ1) is 21.9. The number of aliphatic carboxylic acids is 1. The number of carboxylic acid groups (broad SMARTS) is 1. The summed E-state index contributed by atoms with van der Waals surface area (Å²) in [4.78, 5) is 48.9. The van der Waals surface area contributed by atoms with E-state index in [2.05, 4.69) is 0 Å². The Balaban J connectivity index is 1.78. The number of aliphatic hydroxyl groups is 1. The Morgan fingerprint density at radius 2 is 1.94 bits per heavy atom. The average molecular weight is 430 g/mol. The van der Waals surface area contributed by atoms with Crippen LogP contribution in [0.25, 0.3) is 0 Å². The highest BCUT2D eigenvalue weighted by molar-refractivity contribution is 6.36. The molecule has 3 saturated carbocycles.